The van der Waals surface area contributed by atoms with Gasteiger partial charge in [0.05, 0.1) is 6.61 Å². The Morgan fingerprint density at radius 2 is 1.84 bits per heavy atom. The molecule has 0 atom stereocenters. The SMILES string of the molecule is CCCCCCCCCOc1ccnc(C(=O)NCCCC(=O)O)c1. The first kappa shape index (κ1) is 20.9. The van der Waals surface area contributed by atoms with Gasteiger partial charge < -0.3 is 15.2 Å². The van der Waals surface area contributed by atoms with E-state index in [0.717, 1.165) is 12.8 Å². The van der Waals surface area contributed by atoms with Gasteiger partial charge in [0.15, 0.2) is 0 Å². The number of carbonyl (C=O) groups is 2. The maximum atomic E-state index is 12.0. The van der Waals surface area contributed by atoms with Crippen molar-refractivity contribution in [1.29, 1.82) is 0 Å². The molecule has 0 radical (unpaired) electrons. The molecule has 1 rings (SSSR count). The van der Waals surface area contributed by atoms with E-state index in [9.17, 15) is 9.59 Å². The van der Waals surface area contributed by atoms with Gasteiger partial charge in [-0.1, -0.05) is 45.4 Å². The van der Waals surface area contributed by atoms with Crippen molar-refractivity contribution in [3.8, 4) is 5.75 Å². The van der Waals surface area contributed by atoms with Crippen LogP contribution >= 0.6 is 0 Å². The Morgan fingerprint density at radius 3 is 2.56 bits per heavy atom. The summed E-state index contributed by atoms with van der Waals surface area (Å²) in [5.74, 6) is -0.545. The monoisotopic (exact) mass is 350 g/mol. The summed E-state index contributed by atoms with van der Waals surface area (Å²) in [6, 6.07) is 3.36. The van der Waals surface area contributed by atoms with Crippen LogP contribution in [0.4, 0.5) is 0 Å². The van der Waals surface area contributed by atoms with Crippen LogP contribution in [0.3, 0.4) is 0 Å². The van der Waals surface area contributed by atoms with E-state index in [0.29, 0.717) is 25.3 Å². The van der Waals surface area contributed by atoms with E-state index in [1.807, 2.05) is 0 Å². The fraction of sp³-hybridized carbons (Fsp3) is 0.632. The molecular formula is C19H30N2O4. The highest BCUT2D eigenvalue weighted by atomic mass is 16.5. The molecule has 1 heterocycles. The predicted molar refractivity (Wildman–Crippen MR) is 96.9 cm³/mol. The van der Waals surface area contributed by atoms with Crippen LogP contribution in [0.2, 0.25) is 0 Å². The lowest BCUT2D eigenvalue weighted by molar-refractivity contribution is -0.137. The molecule has 1 amide bonds. The number of carbonyl (C=O) groups excluding carboxylic acids is 1. The first-order valence-electron chi connectivity index (χ1n) is 9.22. The van der Waals surface area contributed by atoms with E-state index in [-0.39, 0.29) is 18.0 Å². The van der Waals surface area contributed by atoms with Crippen molar-refractivity contribution >= 4 is 11.9 Å². The van der Waals surface area contributed by atoms with Crippen molar-refractivity contribution in [3.63, 3.8) is 0 Å². The van der Waals surface area contributed by atoms with Gasteiger partial charge in [0, 0.05) is 25.2 Å². The van der Waals surface area contributed by atoms with Crippen molar-refractivity contribution in [2.75, 3.05) is 13.2 Å². The maximum absolute atomic E-state index is 12.0. The van der Waals surface area contributed by atoms with Crippen molar-refractivity contribution in [1.82, 2.24) is 10.3 Å². The molecule has 1 aromatic heterocycles. The standard InChI is InChI=1S/C19H30N2O4/c1-2-3-4-5-6-7-8-14-25-16-11-13-20-17(15-16)19(24)21-12-9-10-18(22)23/h11,13,15H,2-10,12,14H2,1H3,(H,21,24)(H,22,23). The molecule has 0 fully saturated rings. The number of amides is 1. The minimum atomic E-state index is -0.867. The van der Waals surface area contributed by atoms with Gasteiger partial charge in [-0.3, -0.25) is 14.6 Å². The van der Waals surface area contributed by atoms with E-state index in [4.69, 9.17) is 9.84 Å². The van der Waals surface area contributed by atoms with Crippen LogP contribution in [0.15, 0.2) is 18.3 Å². The Balaban J connectivity index is 2.23. The number of nitrogens with one attached hydrogen (secondary N) is 1. The molecule has 6 nitrogen and oxygen atoms in total. The Kier molecular flexibility index (Phi) is 11.1. The molecule has 0 unspecified atom stereocenters. The maximum Gasteiger partial charge on any atom is 0.303 e. The lowest BCUT2D eigenvalue weighted by Gasteiger charge is -2.08. The predicted octanol–water partition coefficient (Wildman–Crippen LogP) is 3.81. The van der Waals surface area contributed by atoms with Gasteiger partial charge in [-0.25, -0.2) is 0 Å². The Bertz CT molecular complexity index is 520. The van der Waals surface area contributed by atoms with Gasteiger partial charge in [-0.15, -0.1) is 0 Å². The van der Waals surface area contributed by atoms with Crippen molar-refractivity contribution in [2.24, 2.45) is 0 Å². The van der Waals surface area contributed by atoms with Crippen molar-refractivity contribution in [2.45, 2.75) is 64.7 Å². The molecule has 0 aliphatic rings. The van der Waals surface area contributed by atoms with Crippen molar-refractivity contribution in [3.05, 3.63) is 24.0 Å². The number of aliphatic carboxylic acids is 1. The summed E-state index contributed by atoms with van der Waals surface area (Å²) in [4.78, 5) is 26.4. The highest BCUT2D eigenvalue weighted by Crippen LogP contribution is 2.13. The Morgan fingerprint density at radius 1 is 1.12 bits per heavy atom. The number of ether oxygens (including phenoxy) is 1. The molecule has 0 aliphatic heterocycles. The minimum Gasteiger partial charge on any atom is -0.493 e. The normalized spacial score (nSPS) is 10.4. The van der Waals surface area contributed by atoms with Gasteiger partial charge in [0.1, 0.15) is 11.4 Å². The van der Waals surface area contributed by atoms with Crippen LogP contribution < -0.4 is 10.1 Å². The molecular weight excluding hydrogens is 320 g/mol. The topological polar surface area (TPSA) is 88.5 Å². The van der Waals surface area contributed by atoms with Gasteiger partial charge in [0.25, 0.3) is 5.91 Å². The second kappa shape index (κ2) is 13.2. The third-order valence-corrected chi connectivity index (χ3v) is 3.83. The smallest absolute Gasteiger partial charge is 0.303 e. The first-order chi connectivity index (χ1) is 12.1. The van der Waals surface area contributed by atoms with E-state index < -0.39 is 5.97 Å². The van der Waals surface area contributed by atoms with Crippen LogP contribution in [0.5, 0.6) is 5.75 Å². The summed E-state index contributed by atoms with van der Waals surface area (Å²) < 4.78 is 5.68. The molecule has 0 spiro atoms. The molecule has 0 aliphatic carbocycles. The lowest BCUT2D eigenvalue weighted by atomic mass is 10.1. The van der Waals surface area contributed by atoms with Crippen molar-refractivity contribution < 1.29 is 19.4 Å². The zero-order valence-corrected chi connectivity index (χ0v) is 15.1. The summed E-state index contributed by atoms with van der Waals surface area (Å²) in [7, 11) is 0. The number of aromatic nitrogens is 1. The van der Waals surface area contributed by atoms with E-state index in [1.165, 1.54) is 32.1 Å². The molecule has 1 aromatic rings. The molecule has 0 bridgehead atoms. The average molecular weight is 350 g/mol. The highest BCUT2D eigenvalue weighted by Gasteiger charge is 2.08. The quantitative estimate of drug-likeness (QED) is 0.498. The zero-order chi connectivity index (χ0) is 18.3. The minimum absolute atomic E-state index is 0.0370. The van der Waals surface area contributed by atoms with Crippen LogP contribution in [0.25, 0.3) is 0 Å². The van der Waals surface area contributed by atoms with Crippen LogP contribution in [-0.2, 0) is 4.79 Å². The van der Waals surface area contributed by atoms with Gasteiger partial charge in [-0.2, -0.15) is 0 Å². The summed E-state index contributed by atoms with van der Waals surface area (Å²) in [6.07, 6.45) is 10.6. The summed E-state index contributed by atoms with van der Waals surface area (Å²) in [5.41, 5.74) is 0.285. The molecule has 25 heavy (non-hydrogen) atoms. The van der Waals surface area contributed by atoms with Gasteiger partial charge in [-0.05, 0) is 18.9 Å². The number of rotatable bonds is 14. The summed E-state index contributed by atoms with van der Waals surface area (Å²) in [6.45, 7) is 3.17. The zero-order valence-electron chi connectivity index (χ0n) is 15.1. The first-order valence-corrected chi connectivity index (χ1v) is 9.22. The number of hydrogen-bond donors (Lipinski definition) is 2. The molecule has 6 heteroatoms. The number of pyridine rings is 1. The number of unbranched alkanes of at least 4 members (excludes halogenated alkanes) is 6. The second-order valence-electron chi connectivity index (χ2n) is 6.10. The van der Waals surface area contributed by atoms with E-state index in [2.05, 4.69) is 17.2 Å². The van der Waals surface area contributed by atoms with Crippen LogP contribution in [-0.4, -0.2) is 35.1 Å². The number of carboxylic acids is 1. The molecule has 0 saturated heterocycles. The molecule has 2 N–H and O–H groups in total. The number of hydrogen-bond acceptors (Lipinski definition) is 4. The molecule has 0 aromatic carbocycles. The Hall–Kier alpha value is -2.11. The highest BCUT2D eigenvalue weighted by molar-refractivity contribution is 5.92. The van der Waals surface area contributed by atoms with Crippen LogP contribution in [0, 0.1) is 0 Å². The van der Waals surface area contributed by atoms with Gasteiger partial charge >= 0.3 is 5.97 Å². The molecule has 140 valence electrons. The third kappa shape index (κ3) is 10.4. The second-order valence-corrected chi connectivity index (χ2v) is 6.10. The average Bonchev–Trinajstić information content (AvgIpc) is 2.61. The lowest BCUT2D eigenvalue weighted by Crippen LogP contribution is -2.25. The number of nitrogens with zero attached hydrogens (tertiary/aromatic N) is 1. The fourth-order valence-electron chi connectivity index (χ4n) is 2.41. The van der Waals surface area contributed by atoms with Gasteiger partial charge in [0.2, 0.25) is 0 Å². The summed E-state index contributed by atoms with van der Waals surface area (Å²) >= 11 is 0. The molecule has 0 saturated carbocycles. The largest absolute Gasteiger partial charge is 0.493 e. The third-order valence-electron chi connectivity index (χ3n) is 3.83. The summed E-state index contributed by atoms with van der Waals surface area (Å²) in [5, 5.41) is 11.2. The fourth-order valence-corrected chi connectivity index (χ4v) is 2.41. The number of carboxylic acid groups (broad SMARTS) is 1. The van der Waals surface area contributed by atoms with E-state index >= 15 is 0 Å². The van der Waals surface area contributed by atoms with E-state index in [1.54, 1.807) is 18.3 Å². The Labute approximate surface area is 150 Å². The van der Waals surface area contributed by atoms with Crippen LogP contribution in [0.1, 0.15) is 75.2 Å².